The van der Waals surface area contributed by atoms with Gasteiger partial charge in [0.05, 0.1) is 77.4 Å². The van der Waals surface area contributed by atoms with Crippen molar-refractivity contribution in [2.24, 2.45) is 0 Å². The molecule has 4 fully saturated rings. The monoisotopic (exact) mass is 2060 g/mol. The number of fused-ring (bicyclic) bond motifs is 8. The summed E-state index contributed by atoms with van der Waals surface area (Å²) >= 11 is 35.4. The number of amides is 2. The van der Waals surface area contributed by atoms with E-state index >= 15 is 0 Å². The number of carbonyl (C=O) groups excluding carboxylic acids is 4. The zero-order valence-electron chi connectivity index (χ0n) is 73.6. The number of carbonyl (C=O) groups is 4. The van der Waals surface area contributed by atoms with Crippen LogP contribution in [0, 0.1) is 17.5 Å². The van der Waals surface area contributed by atoms with Gasteiger partial charge in [0.2, 0.25) is 11.8 Å². The summed E-state index contributed by atoms with van der Waals surface area (Å²) in [6.45, 7) is 0.695. The van der Waals surface area contributed by atoms with Crippen LogP contribution in [0.25, 0.3) is 0 Å². The van der Waals surface area contributed by atoms with Crippen LogP contribution in [0.4, 0.5) is 47.3 Å². The average molecular weight is 2060 g/mol. The predicted octanol–water partition coefficient (Wildman–Crippen LogP) is 22.2. The number of anilines is 6. The fraction of sp³-hybridized carbons (Fsp3) is 0.220. The minimum absolute atomic E-state index is 0.0586. The quantitative estimate of drug-likeness (QED) is 0.0293. The number of ketones is 2. The molecule has 9 aromatic carbocycles. The molecule has 39 heteroatoms. The number of H-pyrrole nitrogens is 1. The van der Waals surface area contributed by atoms with Crippen LogP contribution in [0.15, 0.2) is 244 Å². The number of aromatic amines is 1. The molecule has 0 bridgehead atoms. The maximum absolute atomic E-state index is 14.6. The maximum Gasteiger partial charge on any atom is 0.264 e. The fourth-order valence-electron chi connectivity index (χ4n) is 18.8. The number of pyridine rings is 4. The van der Waals surface area contributed by atoms with Gasteiger partial charge in [-0.15, -0.1) is 0 Å². The molecule has 13 aromatic rings. The number of halogens is 9. The van der Waals surface area contributed by atoms with E-state index in [4.69, 9.17) is 104 Å². The summed E-state index contributed by atoms with van der Waals surface area (Å²) in [6, 6.07) is 50.5. The number of sulfonamides is 3. The van der Waals surface area contributed by atoms with Crippen LogP contribution in [-0.2, 0) is 96.8 Å². The number of hydrogen-bond donors (Lipinski definition) is 5. The Morgan fingerprint density at radius 2 is 0.712 bits per heavy atom. The Morgan fingerprint density at radius 1 is 0.381 bits per heavy atom. The third-order valence-corrected chi connectivity index (χ3v) is 31.7. The molecule has 0 atom stereocenters. The minimum atomic E-state index is -4.36. The zero-order valence-corrected chi connectivity index (χ0v) is 80.5. The van der Waals surface area contributed by atoms with Gasteiger partial charge in [0.15, 0.2) is 11.5 Å². The molecule has 6 heterocycles. The predicted molar refractivity (Wildman–Crippen MR) is 520 cm³/mol. The normalized spacial score (nSPS) is 16.0. The van der Waals surface area contributed by atoms with Crippen molar-refractivity contribution in [2.45, 2.75) is 139 Å². The number of methoxy groups -OCH3 is 2. The Kier molecular flexibility index (Phi) is 26.6. The van der Waals surface area contributed by atoms with Crippen LogP contribution in [0.3, 0.4) is 0 Å². The highest BCUT2D eigenvalue weighted by Gasteiger charge is 2.58. The number of rotatable bonds is 23. The van der Waals surface area contributed by atoms with Gasteiger partial charge in [-0.3, -0.25) is 38.1 Å². The molecular formula is C100H81Cl6F3N10O17S3. The number of nitrogens with zero attached hydrogens (tertiary/aromatic N) is 5. The molecule has 139 heavy (non-hydrogen) atoms. The van der Waals surface area contributed by atoms with E-state index in [1.807, 2.05) is 59.5 Å². The van der Waals surface area contributed by atoms with E-state index in [9.17, 15) is 62.4 Å². The van der Waals surface area contributed by atoms with Gasteiger partial charge in [0, 0.05) is 118 Å². The molecule has 21 rings (SSSR count). The van der Waals surface area contributed by atoms with E-state index in [1.165, 1.54) is 73.2 Å². The molecule has 2 aliphatic heterocycles. The molecule has 2 amide bonds. The summed E-state index contributed by atoms with van der Waals surface area (Å²) in [5, 5.41) is 0.980. The van der Waals surface area contributed by atoms with Crippen molar-refractivity contribution in [3.05, 3.63) is 328 Å². The number of Topliss-reactive ketones (excluding diaryl/α,β-unsaturated/α-hetero) is 2. The summed E-state index contributed by atoms with van der Waals surface area (Å²) in [6.07, 6.45) is 15.5. The maximum atomic E-state index is 14.6. The van der Waals surface area contributed by atoms with Crippen LogP contribution in [-0.4, -0.2) is 82.8 Å². The summed E-state index contributed by atoms with van der Waals surface area (Å²) in [5.41, 5.74) is 11.8. The number of nitrogens with two attached hydrogens (primary N) is 1. The van der Waals surface area contributed by atoms with Crippen LogP contribution in [0.2, 0.25) is 30.5 Å². The first kappa shape index (κ1) is 96.3. The first-order chi connectivity index (χ1) is 66.4. The van der Waals surface area contributed by atoms with Crippen molar-refractivity contribution in [1.82, 2.24) is 19.9 Å². The molecule has 0 saturated heterocycles. The Balaban J connectivity index is 0.000000124. The third kappa shape index (κ3) is 19.1. The van der Waals surface area contributed by atoms with Gasteiger partial charge in [-0.2, -0.15) is 0 Å². The van der Waals surface area contributed by atoms with Crippen LogP contribution in [0.1, 0.15) is 122 Å². The second-order valence-electron chi connectivity index (χ2n) is 34.5. The van der Waals surface area contributed by atoms with Gasteiger partial charge in [-0.25, -0.2) is 53.4 Å². The molecule has 714 valence electrons. The second-order valence-corrected chi connectivity index (χ2v) is 41.9. The SMILES string of the molecule is COc1ccc(CN2C(=O)C3(CCC3)c3cc(N)cc(Oc4ccnc(Cl)c4)c32)cc1.COc1ccc(CN2C(=O)C3(CCC3)c3cc(NS(=O)(=O)c4ccc(Cl)cc4F)cc(Oc4ccnc(Cl)c4)c32)cc1.O=C1Cc2c(Oc3cc[nH]c(=O)c3)cc(NS(=O)(=O)c3ccc(Cl)cc3F)cc2C12CCC2.O=C1Cc2c(Oc3ccnc(Cl)c3)cc(NS(=O)(=O)c3ccc(Cl)cc3F)cc2C12CCC2. The van der Waals surface area contributed by atoms with Crippen LogP contribution >= 0.6 is 69.6 Å². The van der Waals surface area contributed by atoms with Crippen molar-refractivity contribution in [2.75, 3.05) is 43.9 Å². The Labute approximate surface area is 825 Å². The molecule has 4 saturated carbocycles. The second kappa shape index (κ2) is 38.3. The number of aromatic nitrogens is 4. The first-order valence-electron chi connectivity index (χ1n) is 43.6. The topological polar surface area (TPSA) is 366 Å². The highest BCUT2D eigenvalue weighted by molar-refractivity contribution is 7.93. The standard InChI is InChI=1S/C30H24Cl2FN3O5S.C24H22ClN3O3.C23H17Cl2FN2O4S.C23H18ClFN2O5S/c1-40-21-6-3-18(4-7-21)17-36-28-23(30(29(36)37)10-2-11-30)14-20(15-25(28)41-22-9-12-34-27(32)16-22)35-42(38,39)26-8-5-19(31)13-24(26)33;1-30-17-5-3-15(4-6-17)14-28-22-19(24(23(28)29)8-2-9-24)11-16(26)12-20(22)31-18-7-10-27-21(25)13-18;24-13-2-3-20(18(26)8-13)33(30,31)28-14-9-17-16(12-21(29)23(17)5-1-6-23)19(10-14)32-15-4-7-27-22(25)11-15;24-13-2-3-20(18(25)8-13)33(30,31)27-14-9-17-16(12-21(28)23(17)5-1-6-23)19(10-14)32-15-4-7-26-22(29)11-15/h3-9,12-16,35H,2,10-11,17H2,1H3;3-7,10-13H,2,8-9,14,26H2,1H3;2-4,7-11,28H,1,5-6,12H2;2-4,7-11,27H,1,5-6,12H2,(H,26,29). The summed E-state index contributed by atoms with van der Waals surface area (Å²) in [7, 11) is -9.71. The van der Waals surface area contributed by atoms with Crippen molar-refractivity contribution in [3.63, 3.8) is 0 Å². The molecule has 4 aromatic heterocycles. The van der Waals surface area contributed by atoms with E-state index < -0.39 is 83.9 Å². The lowest BCUT2D eigenvalue weighted by molar-refractivity contribution is -0.126. The molecule has 4 spiro atoms. The molecule has 8 aliphatic rings. The van der Waals surface area contributed by atoms with E-state index in [2.05, 4.69) is 34.1 Å². The van der Waals surface area contributed by atoms with Crippen molar-refractivity contribution in [1.29, 1.82) is 0 Å². The molecule has 0 unspecified atom stereocenters. The summed E-state index contributed by atoms with van der Waals surface area (Å²) in [4.78, 5) is 81.4. The Bertz CT molecular complexity index is 7610. The average Bonchev–Trinajstić information content (AvgIpc) is 1.54. The minimum Gasteiger partial charge on any atom is -0.497 e. The summed E-state index contributed by atoms with van der Waals surface area (Å²) in [5.74, 6) is 1.57. The zero-order chi connectivity index (χ0) is 98.0. The van der Waals surface area contributed by atoms with Gasteiger partial charge in [-0.1, -0.05) is 120 Å². The highest BCUT2D eigenvalue weighted by Crippen LogP contribution is 2.61. The van der Waals surface area contributed by atoms with Crippen molar-refractivity contribution >= 4 is 157 Å². The lowest BCUT2D eigenvalue weighted by Gasteiger charge is -2.37. The molecule has 6 aliphatic carbocycles. The largest absolute Gasteiger partial charge is 0.497 e. The Hall–Kier alpha value is -13.0. The lowest BCUT2D eigenvalue weighted by atomic mass is 9.64. The molecular weight excluding hydrogens is 1980 g/mol. The molecule has 6 N–H and O–H groups in total. The number of hydrogen-bond acceptors (Lipinski definition) is 21. The summed E-state index contributed by atoms with van der Waals surface area (Å²) < 4.78 is 164. The first-order valence-corrected chi connectivity index (χ1v) is 50.3. The number of benzene rings is 9. The van der Waals surface area contributed by atoms with E-state index in [-0.39, 0.29) is 108 Å². The third-order valence-electron chi connectivity index (χ3n) is 26.1. The lowest BCUT2D eigenvalue weighted by Crippen LogP contribution is -2.44. The molecule has 27 nitrogen and oxygen atoms in total. The number of ether oxygens (including phenoxy) is 6. The van der Waals surface area contributed by atoms with Gasteiger partial charge >= 0.3 is 0 Å². The number of nitrogens with one attached hydrogen (secondary N) is 4. The Morgan fingerprint density at radius 3 is 1.04 bits per heavy atom. The number of nitrogen functional groups attached to an aromatic ring is 1. The van der Waals surface area contributed by atoms with E-state index in [1.54, 1.807) is 79.9 Å². The molecule has 0 radical (unpaired) electrons. The van der Waals surface area contributed by atoms with Gasteiger partial charge in [0.1, 0.15) is 105 Å². The smallest absolute Gasteiger partial charge is 0.264 e. The van der Waals surface area contributed by atoms with E-state index in [0.29, 0.717) is 118 Å². The van der Waals surface area contributed by atoms with Crippen LogP contribution in [0.5, 0.6) is 57.5 Å². The van der Waals surface area contributed by atoms with Crippen LogP contribution < -0.4 is 63.7 Å². The van der Waals surface area contributed by atoms with Gasteiger partial charge < -0.3 is 48.9 Å². The van der Waals surface area contributed by atoms with Gasteiger partial charge in [0.25, 0.3) is 35.6 Å². The van der Waals surface area contributed by atoms with Crippen molar-refractivity contribution < 1.29 is 86.0 Å². The highest BCUT2D eigenvalue weighted by atomic mass is 35.5. The van der Waals surface area contributed by atoms with Gasteiger partial charge in [-0.05, 0) is 212 Å². The van der Waals surface area contributed by atoms with Crippen molar-refractivity contribution in [3.8, 4) is 57.5 Å². The van der Waals surface area contributed by atoms with E-state index in [0.717, 1.165) is 109 Å². The fourth-order valence-corrected chi connectivity index (χ4v) is 23.1.